The summed E-state index contributed by atoms with van der Waals surface area (Å²) >= 11 is 0. The summed E-state index contributed by atoms with van der Waals surface area (Å²) in [5.41, 5.74) is 0.223. The molecule has 0 bridgehead atoms. The fourth-order valence-corrected chi connectivity index (χ4v) is 2.15. The quantitative estimate of drug-likeness (QED) is 0.935. The van der Waals surface area contributed by atoms with Crippen molar-refractivity contribution in [1.29, 1.82) is 0 Å². The van der Waals surface area contributed by atoms with Crippen molar-refractivity contribution < 1.29 is 4.79 Å². The fraction of sp³-hybridized carbons (Fsp3) is 0.438. The lowest BCUT2D eigenvalue weighted by Gasteiger charge is -2.24. The standard InChI is InChI=1S/C16H21N3O2/c1-5-16(3,4)17-14(20)10-19-15(21)13-9-7-6-8-12(13)11(2)18-19/h6-9H,5,10H2,1-4H3,(H,17,20). The van der Waals surface area contributed by atoms with Crippen molar-refractivity contribution in [2.75, 3.05) is 0 Å². The van der Waals surface area contributed by atoms with Crippen molar-refractivity contribution >= 4 is 16.7 Å². The van der Waals surface area contributed by atoms with E-state index in [1.807, 2.05) is 45.9 Å². The van der Waals surface area contributed by atoms with Gasteiger partial charge in [-0.3, -0.25) is 9.59 Å². The van der Waals surface area contributed by atoms with E-state index in [0.29, 0.717) is 5.39 Å². The Hall–Kier alpha value is -2.17. The van der Waals surface area contributed by atoms with Gasteiger partial charge in [0.15, 0.2) is 0 Å². The molecule has 1 heterocycles. The average molecular weight is 287 g/mol. The van der Waals surface area contributed by atoms with Crippen LogP contribution in [0, 0.1) is 6.92 Å². The molecule has 2 rings (SSSR count). The number of hydrogen-bond acceptors (Lipinski definition) is 3. The van der Waals surface area contributed by atoms with Crippen LogP contribution in [-0.2, 0) is 11.3 Å². The Morgan fingerprint density at radius 3 is 2.52 bits per heavy atom. The van der Waals surface area contributed by atoms with Gasteiger partial charge in [0.25, 0.3) is 5.56 Å². The molecule has 0 radical (unpaired) electrons. The molecule has 1 amide bonds. The molecule has 0 fully saturated rings. The SMILES string of the molecule is CCC(C)(C)NC(=O)Cn1nc(C)c2ccccc2c1=O. The number of benzene rings is 1. The summed E-state index contributed by atoms with van der Waals surface area (Å²) in [5.74, 6) is -0.203. The number of amides is 1. The number of carbonyl (C=O) groups excluding carboxylic acids is 1. The third kappa shape index (κ3) is 3.29. The third-order valence-corrected chi connectivity index (χ3v) is 3.71. The highest BCUT2D eigenvalue weighted by Gasteiger charge is 2.19. The molecular formula is C16H21N3O2. The maximum atomic E-state index is 12.4. The summed E-state index contributed by atoms with van der Waals surface area (Å²) < 4.78 is 1.23. The van der Waals surface area contributed by atoms with E-state index in [0.717, 1.165) is 17.5 Å². The van der Waals surface area contributed by atoms with Gasteiger partial charge < -0.3 is 5.32 Å². The fourth-order valence-electron chi connectivity index (χ4n) is 2.15. The summed E-state index contributed by atoms with van der Waals surface area (Å²) in [4.78, 5) is 24.4. The van der Waals surface area contributed by atoms with Crippen LogP contribution in [0.3, 0.4) is 0 Å². The molecule has 2 aromatic rings. The van der Waals surface area contributed by atoms with E-state index in [-0.39, 0.29) is 23.6 Å². The van der Waals surface area contributed by atoms with Crippen LogP contribution in [0.1, 0.15) is 32.9 Å². The summed E-state index contributed by atoms with van der Waals surface area (Å²) in [6, 6.07) is 7.31. The van der Waals surface area contributed by atoms with Crippen molar-refractivity contribution in [2.45, 2.75) is 46.2 Å². The summed E-state index contributed by atoms with van der Waals surface area (Å²) in [6.45, 7) is 7.68. The first kappa shape index (κ1) is 15.2. The Labute approximate surface area is 124 Å². The van der Waals surface area contributed by atoms with Crippen LogP contribution in [0.15, 0.2) is 29.1 Å². The number of hydrogen-bond donors (Lipinski definition) is 1. The minimum Gasteiger partial charge on any atom is -0.350 e. The Balaban J connectivity index is 2.34. The molecule has 5 nitrogen and oxygen atoms in total. The van der Waals surface area contributed by atoms with Crippen molar-refractivity contribution in [3.63, 3.8) is 0 Å². The molecule has 1 aromatic heterocycles. The molecule has 0 aliphatic rings. The van der Waals surface area contributed by atoms with E-state index >= 15 is 0 Å². The van der Waals surface area contributed by atoms with Crippen LogP contribution in [0.4, 0.5) is 0 Å². The zero-order chi connectivity index (χ0) is 15.6. The van der Waals surface area contributed by atoms with E-state index in [1.165, 1.54) is 4.68 Å². The molecule has 1 N–H and O–H groups in total. The van der Waals surface area contributed by atoms with Gasteiger partial charge in [-0.1, -0.05) is 25.1 Å². The van der Waals surface area contributed by atoms with Crippen molar-refractivity contribution in [3.05, 3.63) is 40.3 Å². The second-order valence-electron chi connectivity index (χ2n) is 5.88. The normalized spacial score (nSPS) is 11.6. The van der Waals surface area contributed by atoms with E-state index in [2.05, 4.69) is 10.4 Å². The van der Waals surface area contributed by atoms with Crippen molar-refractivity contribution in [3.8, 4) is 0 Å². The van der Waals surface area contributed by atoms with Gasteiger partial charge in [0.05, 0.1) is 11.1 Å². The molecule has 112 valence electrons. The molecule has 1 aromatic carbocycles. The number of nitrogens with zero attached hydrogens (tertiary/aromatic N) is 2. The van der Waals surface area contributed by atoms with Crippen molar-refractivity contribution in [2.24, 2.45) is 0 Å². The number of aromatic nitrogens is 2. The largest absolute Gasteiger partial charge is 0.350 e. The minimum absolute atomic E-state index is 0.0616. The second kappa shape index (κ2) is 5.68. The molecular weight excluding hydrogens is 266 g/mol. The lowest BCUT2D eigenvalue weighted by molar-refractivity contribution is -0.123. The summed E-state index contributed by atoms with van der Waals surface area (Å²) in [5, 5.41) is 8.57. The highest BCUT2D eigenvalue weighted by molar-refractivity contribution is 5.83. The molecule has 0 aliphatic heterocycles. The highest BCUT2D eigenvalue weighted by atomic mass is 16.2. The molecule has 0 atom stereocenters. The third-order valence-electron chi connectivity index (χ3n) is 3.71. The van der Waals surface area contributed by atoms with Crippen LogP contribution >= 0.6 is 0 Å². The predicted octanol–water partition coefficient (Wildman–Crippen LogP) is 2.01. The maximum absolute atomic E-state index is 12.4. The van der Waals surface area contributed by atoms with Gasteiger partial charge in [-0.15, -0.1) is 0 Å². The first-order chi connectivity index (χ1) is 9.84. The van der Waals surface area contributed by atoms with Crippen LogP contribution in [0.25, 0.3) is 10.8 Å². The zero-order valence-corrected chi connectivity index (χ0v) is 12.9. The predicted molar refractivity (Wildman–Crippen MR) is 83.3 cm³/mol. The second-order valence-corrected chi connectivity index (χ2v) is 5.88. The van der Waals surface area contributed by atoms with Gasteiger partial charge in [-0.05, 0) is 33.3 Å². The molecule has 0 saturated heterocycles. The van der Waals surface area contributed by atoms with Gasteiger partial charge in [0.1, 0.15) is 6.54 Å². The minimum atomic E-state index is -0.285. The average Bonchev–Trinajstić information content (AvgIpc) is 2.44. The molecule has 5 heteroatoms. The van der Waals surface area contributed by atoms with Gasteiger partial charge in [-0.2, -0.15) is 5.10 Å². The Morgan fingerprint density at radius 1 is 1.29 bits per heavy atom. The Morgan fingerprint density at radius 2 is 1.90 bits per heavy atom. The molecule has 0 saturated carbocycles. The number of rotatable bonds is 4. The monoisotopic (exact) mass is 287 g/mol. The van der Waals surface area contributed by atoms with Crippen LogP contribution < -0.4 is 10.9 Å². The first-order valence-corrected chi connectivity index (χ1v) is 7.11. The Kier molecular flexibility index (Phi) is 4.11. The first-order valence-electron chi connectivity index (χ1n) is 7.11. The number of nitrogens with one attached hydrogen (secondary N) is 1. The van der Waals surface area contributed by atoms with Gasteiger partial charge in [0.2, 0.25) is 5.91 Å². The summed E-state index contributed by atoms with van der Waals surface area (Å²) in [7, 11) is 0. The highest BCUT2D eigenvalue weighted by Crippen LogP contribution is 2.12. The van der Waals surface area contributed by atoms with E-state index in [1.54, 1.807) is 6.07 Å². The topological polar surface area (TPSA) is 64.0 Å². The number of fused-ring (bicyclic) bond motifs is 1. The molecule has 0 unspecified atom stereocenters. The van der Waals surface area contributed by atoms with Gasteiger partial charge in [0, 0.05) is 10.9 Å². The lowest BCUT2D eigenvalue weighted by Crippen LogP contribution is -2.45. The molecule has 21 heavy (non-hydrogen) atoms. The Bertz CT molecular complexity index is 732. The van der Waals surface area contributed by atoms with E-state index in [9.17, 15) is 9.59 Å². The van der Waals surface area contributed by atoms with Crippen LogP contribution in [0.5, 0.6) is 0 Å². The van der Waals surface area contributed by atoms with E-state index < -0.39 is 0 Å². The summed E-state index contributed by atoms with van der Waals surface area (Å²) in [6.07, 6.45) is 0.817. The smallest absolute Gasteiger partial charge is 0.275 e. The zero-order valence-electron chi connectivity index (χ0n) is 12.9. The molecule has 0 spiro atoms. The lowest BCUT2D eigenvalue weighted by atomic mass is 10.0. The van der Waals surface area contributed by atoms with E-state index in [4.69, 9.17) is 0 Å². The van der Waals surface area contributed by atoms with Crippen LogP contribution in [0.2, 0.25) is 0 Å². The number of aryl methyl sites for hydroxylation is 1. The maximum Gasteiger partial charge on any atom is 0.275 e. The van der Waals surface area contributed by atoms with Gasteiger partial charge in [-0.25, -0.2) is 4.68 Å². The molecule has 0 aliphatic carbocycles. The van der Waals surface area contributed by atoms with Crippen molar-refractivity contribution in [1.82, 2.24) is 15.1 Å². The number of carbonyl (C=O) groups is 1. The van der Waals surface area contributed by atoms with Gasteiger partial charge >= 0.3 is 0 Å². The van der Waals surface area contributed by atoms with Crippen LogP contribution in [-0.4, -0.2) is 21.2 Å².